The van der Waals surface area contributed by atoms with Crippen LogP contribution in [0.15, 0.2) is 35.5 Å². The van der Waals surface area contributed by atoms with E-state index >= 15 is 0 Å². The Morgan fingerprint density at radius 1 is 1.09 bits per heavy atom. The zero-order valence-corrected chi connectivity index (χ0v) is 18.4. The van der Waals surface area contributed by atoms with Crippen LogP contribution in [0, 0.1) is 4.91 Å². The molecule has 3 unspecified atom stereocenters. The van der Waals surface area contributed by atoms with E-state index in [-0.39, 0.29) is 19.1 Å². The van der Waals surface area contributed by atoms with E-state index in [1.165, 1.54) is 16.7 Å². The van der Waals surface area contributed by atoms with Crippen LogP contribution in [0.1, 0.15) is 60.6 Å². The van der Waals surface area contributed by atoms with Crippen LogP contribution in [0.4, 0.5) is 0 Å². The monoisotopic (exact) mass is 439 g/mol. The molecule has 7 heteroatoms. The molecule has 1 saturated heterocycles. The number of rotatable bonds is 5. The summed E-state index contributed by atoms with van der Waals surface area (Å²) in [5.41, 5.74) is 6.05. The molecule has 0 saturated carbocycles. The number of ether oxygens (including phenoxy) is 3. The van der Waals surface area contributed by atoms with Crippen molar-refractivity contribution in [2.75, 3.05) is 6.54 Å². The van der Waals surface area contributed by atoms with E-state index in [0.29, 0.717) is 0 Å². The van der Waals surface area contributed by atoms with Gasteiger partial charge in [-0.25, -0.2) is 0 Å². The largest absolute Gasteiger partial charge is 0.449 e. The Kier molecular flexibility index (Phi) is 5.43. The van der Waals surface area contributed by atoms with E-state index in [0.717, 1.165) is 48.3 Å². The molecule has 2 N–H and O–H groups in total. The first kappa shape index (κ1) is 21.4. The van der Waals surface area contributed by atoms with Gasteiger partial charge in [0.15, 0.2) is 11.5 Å². The lowest BCUT2D eigenvalue weighted by molar-refractivity contribution is -0.166. The fourth-order valence-corrected chi connectivity index (χ4v) is 5.16. The number of fused-ring (bicyclic) bond motifs is 2. The van der Waals surface area contributed by atoms with Gasteiger partial charge in [-0.2, -0.15) is 4.91 Å². The molecule has 0 radical (unpaired) electrons. The van der Waals surface area contributed by atoms with Gasteiger partial charge in [0.05, 0.1) is 12.2 Å². The zero-order valence-electron chi connectivity index (χ0n) is 18.4. The summed E-state index contributed by atoms with van der Waals surface area (Å²) in [6, 6.07) is 10.4. The zero-order chi connectivity index (χ0) is 22.5. The molecule has 0 amide bonds. The quantitative estimate of drug-likeness (QED) is 0.691. The van der Waals surface area contributed by atoms with E-state index in [4.69, 9.17) is 14.2 Å². The van der Waals surface area contributed by atoms with Gasteiger partial charge < -0.3 is 24.4 Å². The second-order valence-corrected chi connectivity index (χ2v) is 9.50. The van der Waals surface area contributed by atoms with Crippen LogP contribution in [0.5, 0.6) is 11.5 Å². The first-order valence-corrected chi connectivity index (χ1v) is 11.3. The van der Waals surface area contributed by atoms with Gasteiger partial charge in [-0.1, -0.05) is 23.4 Å². The molecule has 1 aliphatic carbocycles. The third-order valence-electron chi connectivity index (χ3n) is 6.64. The number of aliphatic hydroxyl groups is 2. The number of aliphatic hydroxyl groups excluding tert-OH is 2. The minimum absolute atomic E-state index is 0.180. The molecule has 7 nitrogen and oxygen atoms in total. The predicted molar refractivity (Wildman–Crippen MR) is 118 cm³/mol. The maximum Gasteiger partial charge on any atom is 0.246 e. The SMILES string of the molecule is CC1(C)Oc2ccc(Cc3cc(C4CC(O)[C@H](O)C(CN=O)O4)cc4c3CCC4)cc2O1. The molecule has 0 bridgehead atoms. The third kappa shape index (κ3) is 4.00. The van der Waals surface area contributed by atoms with E-state index in [9.17, 15) is 15.1 Å². The van der Waals surface area contributed by atoms with E-state index in [1.54, 1.807) is 0 Å². The van der Waals surface area contributed by atoms with Gasteiger partial charge in [-0.05, 0) is 65.6 Å². The molecule has 32 heavy (non-hydrogen) atoms. The summed E-state index contributed by atoms with van der Waals surface area (Å²) in [7, 11) is 0. The summed E-state index contributed by atoms with van der Waals surface area (Å²) in [5.74, 6) is 0.867. The number of hydrogen-bond donors (Lipinski definition) is 2. The highest BCUT2D eigenvalue weighted by molar-refractivity contribution is 5.49. The van der Waals surface area contributed by atoms with Crippen LogP contribution in [0.2, 0.25) is 0 Å². The van der Waals surface area contributed by atoms with Crippen molar-refractivity contribution in [2.24, 2.45) is 5.18 Å². The molecule has 0 aromatic heterocycles. The summed E-state index contributed by atoms with van der Waals surface area (Å²) in [6.07, 6.45) is 0.988. The topological polar surface area (TPSA) is 97.6 Å². The fraction of sp³-hybridized carbons (Fsp3) is 0.520. The second-order valence-electron chi connectivity index (χ2n) is 9.50. The van der Waals surface area contributed by atoms with Gasteiger partial charge in [0, 0.05) is 20.3 Å². The normalized spacial score (nSPS) is 27.9. The van der Waals surface area contributed by atoms with Crippen LogP contribution in [-0.4, -0.2) is 40.9 Å². The molecule has 2 aromatic rings. The summed E-state index contributed by atoms with van der Waals surface area (Å²) < 4.78 is 17.7. The van der Waals surface area contributed by atoms with Gasteiger partial charge in [-0.3, -0.25) is 0 Å². The maximum absolute atomic E-state index is 10.8. The lowest BCUT2D eigenvalue weighted by Gasteiger charge is -2.36. The number of benzene rings is 2. The summed E-state index contributed by atoms with van der Waals surface area (Å²) in [5, 5.41) is 23.4. The predicted octanol–water partition coefficient (Wildman–Crippen LogP) is 3.59. The Morgan fingerprint density at radius 3 is 2.72 bits per heavy atom. The van der Waals surface area contributed by atoms with Gasteiger partial charge in [0.2, 0.25) is 5.79 Å². The molecule has 170 valence electrons. The van der Waals surface area contributed by atoms with E-state index in [2.05, 4.69) is 23.4 Å². The Labute approximate surface area is 187 Å². The van der Waals surface area contributed by atoms with E-state index in [1.807, 2.05) is 26.0 Å². The average Bonchev–Trinajstić information content (AvgIpc) is 3.33. The van der Waals surface area contributed by atoms with Crippen molar-refractivity contribution in [3.05, 3.63) is 63.1 Å². The standard InChI is InChI=1S/C25H29NO6/c1-25(2)31-20-7-6-14(9-22(20)32-25)8-16-11-17(10-15-4-3-5-18(15)16)21-12-19(27)24(28)23(30-21)13-26-29/h6-7,9-11,19,21,23-24,27-28H,3-5,8,12-13H2,1-2H3/t19?,21?,23?,24-/m0/s1. The van der Waals surface area contributed by atoms with Crippen LogP contribution in [0.25, 0.3) is 0 Å². The van der Waals surface area contributed by atoms with Crippen molar-refractivity contribution < 1.29 is 24.4 Å². The molecule has 1 fully saturated rings. The van der Waals surface area contributed by atoms with Crippen molar-refractivity contribution in [1.29, 1.82) is 0 Å². The first-order chi connectivity index (χ1) is 15.3. The fourth-order valence-electron chi connectivity index (χ4n) is 5.16. The highest BCUT2D eigenvalue weighted by Gasteiger charge is 2.38. The molecule has 2 aliphatic heterocycles. The van der Waals surface area contributed by atoms with Crippen LogP contribution in [0.3, 0.4) is 0 Å². The number of hydrogen-bond acceptors (Lipinski definition) is 7. The lowest BCUT2D eigenvalue weighted by Crippen LogP contribution is -2.47. The molecule has 4 atom stereocenters. The smallest absolute Gasteiger partial charge is 0.246 e. The highest BCUT2D eigenvalue weighted by Crippen LogP contribution is 2.41. The molecule has 0 spiro atoms. The van der Waals surface area contributed by atoms with Crippen molar-refractivity contribution in [1.82, 2.24) is 0 Å². The summed E-state index contributed by atoms with van der Waals surface area (Å²) in [6.45, 7) is 3.61. The molecule has 3 aliphatic rings. The van der Waals surface area contributed by atoms with Gasteiger partial charge in [-0.15, -0.1) is 0 Å². The summed E-state index contributed by atoms with van der Waals surface area (Å²) in [4.78, 5) is 10.8. The van der Waals surface area contributed by atoms with Crippen LogP contribution >= 0.6 is 0 Å². The molecule has 2 aromatic carbocycles. The van der Waals surface area contributed by atoms with Crippen molar-refractivity contribution in [3.8, 4) is 11.5 Å². The second kappa shape index (κ2) is 8.14. The minimum Gasteiger partial charge on any atom is -0.449 e. The van der Waals surface area contributed by atoms with Crippen molar-refractivity contribution in [2.45, 2.75) is 76.2 Å². The lowest BCUT2D eigenvalue weighted by atomic mass is 9.89. The Morgan fingerprint density at radius 2 is 1.91 bits per heavy atom. The maximum atomic E-state index is 10.8. The van der Waals surface area contributed by atoms with E-state index < -0.39 is 24.1 Å². The van der Waals surface area contributed by atoms with Gasteiger partial charge in [0.1, 0.15) is 18.8 Å². The Hall–Kier alpha value is -2.48. The number of nitrogens with zero attached hydrogens (tertiary/aromatic N) is 1. The Bertz CT molecular complexity index is 1040. The highest BCUT2D eigenvalue weighted by atomic mass is 16.7. The Balaban J connectivity index is 1.44. The van der Waals surface area contributed by atoms with Crippen LogP contribution in [-0.2, 0) is 24.0 Å². The summed E-state index contributed by atoms with van der Waals surface area (Å²) >= 11 is 0. The van der Waals surface area contributed by atoms with Gasteiger partial charge in [0.25, 0.3) is 0 Å². The van der Waals surface area contributed by atoms with Crippen molar-refractivity contribution >= 4 is 0 Å². The molecular weight excluding hydrogens is 410 g/mol. The average molecular weight is 440 g/mol. The first-order valence-electron chi connectivity index (χ1n) is 11.3. The van der Waals surface area contributed by atoms with Crippen molar-refractivity contribution in [3.63, 3.8) is 0 Å². The van der Waals surface area contributed by atoms with Gasteiger partial charge >= 0.3 is 0 Å². The third-order valence-corrected chi connectivity index (χ3v) is 6.64. The molecular formula is C25H29NO6. The number of nitroso groups, excluding NO2 is 1. The molecule has 2 heterocycles. The number of aryl methyl sites for hydroxylation is 1. The van der Waals surface area contributed by atoms with Crippen LogP contribution < -0.4 is 9.47 Å². The molecule has 5 rings (SSSR count). The minimum atomic E-state index is -1.10.